The summed E-state index contributed by atoms with van der Waals surface area (Å²) in [4.78, 5) is 12.8. The molecule has 0 radical (unpaired) electrons. The van der Waals surface area contributed by atoms with E-state index in [-0.39, 0.29) is 17.1 Å². The molecule has 0 atom stereocenters. The van der Waals surface area contributed by atoms with Gasteiger partial charge < -0.3 is 4.74 Å². The van der Waals surface area contributed by atoms with Crippen molar-refractivity contribution in [1.82, 2.24) is 0 Å². The number of carbonyl (C=O) groups is 1. The molecule has 3 nitrogen and oxygen atoms in total. The maximum Gasteiger partial charge on any atom is 0.338 e. The molecule has 0 aliphatic heterocycles. The Labute approximate surface area is 236 Å². The van der Waals surface area contributed by atoms with Crippen LogP contribution in [-0.4, -0.2) is 12.1 Å². The third-order valence-corrected chi connectivity index (χ3v) is 8.45. The van der Waals surface area contributed by atoms with Crippen molar-refractivity contribution in [3.05, 3.63) is 59.4 Å². The zero-order chi connectivity index (χ0) is 27.9. The first kappa shape index (κ1) is 30.9. The highest BCUT2D eigenvalue weighted by molar-refractivity contribution is 5.90. The Kier molecular flexibility index (Phi) is 13.0. The van der Waals surface area contributed by atoms with Crippen molar-refractivity contribution >= 4 is 5.97 Å². The van der Waals surface area contributed by atoms with Crippen molar-refractivity contribution in [3.63, 3.8) is 0 Å². The number of nitriles is 1. The highest BCUT2D eigenvalue weighted by Crippen LogP contribution is 2.41. The molecule has 2 aromatic carbocycles. The van der Waals surface area contributed by atoms with Crippen molar-refractivity contribution < 1.29 is 13.9 Å². The lowest BCUT2D eigenvalue weighted by Gasteiger charge is -2.34. The van der Waals surface area contributed by atoms with Gasteiger partial charge in [-0.2, -0.15) is 5.26 Å². The first-order valence-electron chi connectivity index (χ1n) is 15.5. The molecule has 0 bridgehead atoms. The molecule has 0 amide bonds. The Balaban J connectivity index is 1.47. The average Bonchev–Trinajstić information content (AvgIpc) is 2.96. The molecule has 0 aromatic heterocycles. The Hall–Kier alpha value is -2.67. The van der Waals surface area contributed by atoms with Gasteiger partial charge in [0, 0.05) is 5.56 Å². The number of aryl methyl sites for hydroxylation is 1. The predicted octanol–water partition coefficient (Wildman–Crippen LogP) is 10.4. The number of rotatable bonds is 16. The maximum atomic E-state index is 15.0. The van der Waals surface area contributed by atoms with E-state index in [1.165, 1.54) is 75.8 Å². The van der Waals surface area contributed by atoms with Crippen LogP contribution in [0.4, 0.5) is 4.39 Å². The van der Waals surface area contributed by atoms with E-state index in [9.17, 15) is 10.1 Å². The molecule has 0 unspecified atom stereocenters. The summed E-state index contributed by atoms with van der Waals surface area (Å²) in [5.41, 5.74) is 2.54. The van der Waals surface area contributed by atoms with E-state index in [2.05, 4.69) is 32.0 Å². The van der Waals surface area contributed by atoms with E-state index in [4.69, 9.17) is 4.74 Å². The monoisotopic (exact) mass is 533 g/mol. The lowest BCUT2D eigenvalue weighted by molar-refractivity contribution is 0.0104. The van der Waals surface area contributed by atoms with E-state index >= 15 is 4.39 Å². The number of halogens is 1. The van der Waals surface area contributed by atoms with E-state index < -0.39 is 11.8 Å². The summed E-state index contributed by atoms with van der Waals surface area (Å²) in [6.07, 6.45) is 18.3. The lowest BCUT2D eigenvalue weighted by Crippen LogP contribution is -2.31. The fraction of sp³-hybridized carbons (Fsp3) is 0.600. The quantitative estimate of drug-likeness (QED) is 0.159. The van der Waals surface area contributed by atoms with Gasteiger partial charge in [-0.05, 0) is 68.2 Å². The molecule has 1 saturated carbocycles. The van der Waals surface area contributed by atoms with Crippen LogP contribution in [0.2, 0.25) is 0 Å². The van der Waals surface area contributed by atoms with Gasteiger partial charge >= 0.3 is 5.97 Å². The summed E-state index contributed by atoms with van der Waals surface area (Å²) >= 11 is 0. The van der Waals surface area contributed by atoms with Gasteiger partial charge in [0.25, 0.3) is 0 Å². The minimum Gasteiger partial charge on any atom is -0.459 e. The van der Waals surface area contributed by atoms with Gasteiger partial charge in [0.05, 0.1) is 17.0 Å². The van der Waals surface area contributed by atoms with Gasteiger partial charge in [-0.1, -0.05) is 108 Å². The standard InChI is InChI=1S/C35H48FNO2/c1-3-5-7-9-10-12-14-28-15-17-29(18-16-28)32-20-19-30(26-33(32)36)34(38)39-31-21-24-35(27-37,25-22-31)23-13-11-8-6-4-2/h15-20,26,31H,3-14,21-25H2,1-2H3. The van der Waals surface area contributed by atoms with E-state index in [0.717, 1.165) is 37.7 Å². The van der Waals surface area contributed by atoms with Gasteiger partial charge in [0.15, 0.2) is 0 Å². The van der Waals surface area contributed by atoms with Gasteiger partial charge in [-0.3, -0.25) is 0 Å². The van der Waals surface area contributed by atoms with Crippen LogP contribution in [0, 0.1) is 22.6 Å². The highest BCUT2D eigenvalue weighted by Gasteiger charge is 2.36. The number of nitrogens with zero attached hydrogens (tertiary/aromatic N) is 1. The number of hydrogen-bond donors (Lipinski definition) is 0. The van der Waals surface area contributed by atoms with E-state index in [1.807, 2.05) is 12.1 Å². The fourth-order valence-electron chi connectivity index (χ4n) is 5.80. The molecular weight excluding hydrogens is 485 g/mol. The molecule has 1 aliphatic rings. The molecule has 0 spiro atoms. The Morgan fingerprint density at radius 1 is 0.897 bits per heavy atom. The smallest absolute Gasteiger partial charge is 0.338 e. The first-order chi connectivity index (χ1) is 19.0. The first-order valence-corrected chi connectivity index (χ1v) is 15.5. The minimum absolute atomic E-state index is 0.207. The fourth-order valence-corrected chi connectivity index (χ4v) is 5.80. The molecule has 0 N–H and O–H groups in total. The van der Waals surface area contributed by atoms with Crippen molar-refractivity contribution in [2.45, 2.75) is 129 Å². The zero-order valence-corrected chi connectivity index (χ0v) is 24.3. The van der Waals surface area contributed by atoms with Gasteiger partial charge in [-0.15, -0.1) is 0 Å². The van der Waals surface area contributed by atoms with Crippen LogP contribution >= 0.6 is 0 Å². The van der Waals surface area contributed by atoms with Gasteiger partial charge in [-0.25, -0.2) is 9.18 Å². The molecule has 1 aliphatic carbocycles. The van der Waals surface area contributed by atoms with Crippen LogP contribution in [0.15, 0.2) is 42.5 Å². The average molecular weight is 534 g/mol. The molecule has 4 heteroatoms. The summed E-state index contributed by atoms with van der Waals surface area (Å²) < 4.78 is 20.8. The van der Waals surface area contributed by atoms with Crippen LogP contribution in [0.5, 0.6) is 0 Å². The predicted molar refractivity (Wildman–Crippen MR) is 158 cm³/mol. The summed E-state index contributed by atoms with van der Waals surface area (Å²) in [7, 11) is 0. The molecule has 0 saturated heterocycles. The Morgan fingerprint density at radius 3 is 2.13 bits per heavy atom. The number of carbonyl (C=O) groups excluding carboxylic acids is 1. The topological polar surface area (TPSA) is 50.1 Å². The van der Waals surface area contributed by atoms with Crippen molar-refractivity contribution in [1.29, 1.82) is 5.26 Å². The van der Waals surface area contributed by atoms with Crippen LogP contribution in [0.3, 0.4) is 0 Å². The van der Waals surface area contributed by atoms with Crippen LogP contribution < -0.4 is 0 Å². The van der Waals surface area contributed by atoms with E-state index in [1.54, 1.807) is 12.1 Å². The second kappa shape index (κ2) is 16.4. The molecule has 39 heavy (non-hydrogen) atoms. The van der Waals surface area contributed by atoms with Crippen molar-refractivity contribution in [2.75, 3.05) is 0 Å². The Bertz CT molecular complexity index is 1050. The molecule has 3 rings (SSSR count). The summed E-state index contributed by atoms with van der Waals surface area (Å²) in [5, 5.41) is 9.83. The van der Waals surface area contributed by atoms with Crippen LogP contribution in [0.1, 0.15) is 133 Å². The third-order valence-electron chi connectivity index (χ3n) is 8.45. The maximum absolute atomic E-state index is 15.0. The molecule has 1 fully saturated rings. The Morgan fingerprint density at radius 2 is 1.51 bits per heavy atom. The van der Waals surface area contributed by atoms with Crippen molar-refractivity contribution in [2.24, 2.45) is 5.41 Å². The zero-order valence-electron chi connectivity index (χ0n) is 24.3. The number of benzene rings is 2. The lowest BCUT2D eigenvalue weighted by atomic mass is 9.71. The van der Waals surface area contributed by atoms with Gasteiger partial charge in [0.2, 0.25) is 0 Å². The largest absolute Gasteiger partial charge is 0.459 e. The molecular formula is C35H48FNO2. The molecule has 0 heterocycles. The van der Waals surface area contributed by atoms with Crippen molar-refractivity contribution in [3.8, 4) is 17.2 Å². The van der Waals surface area contributed by atoms with E-state index in [0.29, 0.717) is 18.4 Å². The van der Waals surface area contributed by atoms with Crippen LogP contribution in [0.25, 0.3) is 11.1 Å². The second-order valence-electron chi connectivity index (χ2n) is 11.6. The second-order valence-corrected chi connectivity index (χ2v) is 11.6. The number of esters is 1. The summed E-state index contributed by atoms with van der Waals surface area (Å²) in [5.74, 6) is -0.896. The summed E-state index contributed by atoms with van der Waals surface area (Å²) in [6, 6.07) is 15.3. The SMILES string of the molecule is CCCCCCCCc1ccc(-c2ccc(C(=O)OC3CCC(C#N)(CCCCCCC)CC3)cc2F)cc1. The van der Waals surface area contributed by atoms with Gasteiger partial charge in [0.1, 0.15) is 11.9 Å². The minimum atomic E-state index is -0.483. The highest BCUT2D eigenvalue weighted by atomic mass is 19.1. The van der Waals surface area contributed by atoms with Crippen LogP contribution in [-0.2, 0) is 11.2 Å². The summed E-state index contributed by atoms with van der Waals surface area (Å²) in [6.45, 7) is 4.44. The molecule has 212 valence electrons. The molecule has 2 aromatic rings. The number of unbranched alkanes of at least 4 members (excludes halogenated alkanes) is 9. The normalized spacial score (nSPS) is 19.0. The number of hydrogen-bond acceptors (Lipinski definition) is 3. The third kappa shape index (κ3) is 9.79. The number of ether oxygens (including phenoxy) is 1.